The van der Waals surface area contributed by atoms with Crippen LogP contribution in [0.1, 0.15) is 42.1 Å². The van der Waals surface area contributed by atoms with E-state index in [2.05, 4.69) is 11.0 Å². The highest BCUT2D eigenvalue weighted by Crippen LogP contribution is 2.22. The molecule has 0 N–H and O–H groups in total. The molecule has 0 spiro atoms. The van der Waals surface area contributed by atoms with Crippen molar-refractivity contribution in [1.82, 2.24) is 9.47 Å². The Morgan fingerprint density at radius 2 is 1.92 bits per heavy atom. The number of carbonyl (C=O) groups excluding carboxylic acids is 1. The molecule has 0 bridgehead atoms. The molecule has 6 heteroatoms. The molecular weight excluding hydrogens is 322 g/mol. The number of pyridine rings is 1. The number of rotatable bonds is 4. The summed E-state index contributed by atoms with van der Waals surface area (Å²) in [6.07, 6.45) is 1.61. The van der Waals surface area contributed by atoms with Crippen molar-refractivity contribution in [1.29, 1.82) is 5.26 Å². The highest BCUT2D eigenvalue weighted by atomic mass is 32.1. The Hall–Kier alpha value is -1.71. The maximum absolute atomic E-state index is 11.8. The van der Waals surface area contributed by atoms with Gasteiger partial charge in [0.05, 0.1) is 24.8 Å². The summed E-state index contributed by atoms with van der Waals surface area (Å²) in [5.41, 5.74) is 3.78. The first-order chi connectivity index (χ1) is 11.4. The largest absolute Gasteiger partial charge is 0.466 e. The Morgan fingerprint density at radius 3 is 2.46 bits per heavy atom. The molecule has 0 aromatic carbocycles. The summed E-state index contributed by atoms with van der Waals surface area (Å²) < 4.78 is 7.76. The second-order valence-corrected chi connectivity index (χ2v) is 6.73. The van der Waals surface area contributed by atoms with Crippen LogP contribution in [0.15, 0.2) is 0 Å². The summed E-state index contributed by atoms with van der Waals surface area (Å²) in [6, 6.07) is 2.24. The zero-order chi connectivity index (χ0) is 17.9. The molecule has 2 heterocycles. The minimum absolute atomic E-state index is 0.00434. The van der Waals surface area contributed by atoms with Gasteiger partial charge in [0.15, 0.2) is 0 Å². The van der Waals surface area contributed by atoms with Crippen LogP contribution in [0.2, 0.25) is 0 Å². The molecule has 0 atom stereocenters. The second-order valence-electron chi connectivity index (χ2n) is 6.34. The fourth-order valence-electron chi connectivity index (χ4n) is 3.18. The van der Waals surface area contributed by atoms with Crippen LogP contribution in [0.4, 0.5) is 0 Å². The molecule has 1 aliphatic rings. The monoisotopic (exact) mass is 347 g/mol. The van der Waals surface area contributed by atoms with Crippen LogP contribution in [-0.2, 0) is 16.2 Å². The first-order valence-corrected chi connectivity index (χ1v) is 8.81. The van der Waals surface area contributed by atoms with Crippen LogP contribution >= 0.6 is 12.2 Å². The number of aromatic nitrogens is 1. The van der Waals surface area contributed by atoms with E-state index in [1.807, 2.05) is 32.3 Å². The number of ether oxygens (including phenoxy) is 1. The Morgan fingerprint density at radius 1 is 1.29 bits per heavy atom. The van der Waals surface area contributed by atoms with Gasteiger partial charge in [-0.1, -0.05) is 12.2 Å². The normalized spacial score (nSPS) is 16.0. The van der Waals surface area contributed by atoms with Crippen molar-refractivity contribution in [2.75, 3.05) is 19.7 Å². The summed E-state index contributed by atoms with van der Waals surface area (Å²) in [6.45, 7) is 10.6. The SMILES string of the molecule is CCOC(=O)C1CCN(Cn2c(C)c(C)c(C)c(C#N)c2=S)CC1. The van der Waals surface area contributed by atoms with Crippen LogP contribution in [0.5, 0.6) is 0 Å². The van der Waals surface area contributed by atoms with Gasteiger partial charge >= 0.3 is 5.97 Å². The van der Waals surface area contributed by atoms with Gasteiger partial charge in [-0.2, -0.15) is 5.26 Å². The highest BCUT2D eigenvalue weighted by molar-refractivity contribution is 7.71. The van der Waals surface area contributed by atoms with Gasteiger partial charge < -0.3 is 9.30 Å². The molecule has 0 aliphatic carbocycles. The summed E-state index contributed by atoms with van der Waals surface area (Å²) in [5.74, 6) is -0.0763. The first kappa shape index (κ1) is 18.6. The van der Waals surface area contributed by atoms with Crippen LogP contribution < -0.4 is 0 Å². The van der Waals surface area contributed by atoms with E-state index >= 15 is 0 Å². The third-order valence-electron chi connectivity index (χ3n) is 5.00. The Kier molecular flexibility index (Phi) is 6.14. The van der Waals surface area contributed by atoms with E-state index in [0.29, 0.717) is 23.5 Å². The van der Waals surface area contributed by atoms with E-state index in [0.717, 1.165) is 42.8 Å². The predicted molar refractivity (Wildman–Crippen MR) is 95.1 cm³/mol. The lowest BCUT2D eigenvalue weighted by Crippen LogP contribution is -2.38. The lowest BCUT2D eigenvalue weighted by Gasteiger charge is -2.32. The molecule has 1 aromatic heterocycles. The molecule has 24 heavy (non-hydrogen) atoms. The molecule has 0 saturated carbocycles. The molecule has 0 radical (unpaired) electrons. The minimum Gasteiger partial charge on any atom is -0.466 e. The smallest absolute Gasteiger partial charge is 0.309 e. The van der Waals surface area contributed by atoms with Gasteiger partial charge in [-0.15, -0.1) is 0 Å². The average Bonchev–Trinajstić information content (AvgIpc) is 2.58. The van der Waals surface area contributed by atoms with Crippen LogP contribution in [-0.4, -0.2) is 35.1 Å². The summed E-state index contributed by atoms with van der Waals surface area (Å²) in [7, 11) is 0. The number of nitrogens with zero attached hydrogens (tertiary/aromatic N) is 3. The molecule has 5 nitrogen and oxygen atoms in total. The molecular formula is C18H25N3O2S. The van der Waals surface area contributed by atoms with Gasteiger partial charge in [0.1, 0.15) is 10.7 Å². The van der Waals surface area contributed by atoms with Crippen LogP contribution in [0, 0.1) is 42.7 Å². The van der Waals surface area contributed by atoms with Crippen molar-refractivity contribution < 1.29 is 9.53 Å². The standard InChI is InChI=1S/C18H25N3O2S/c1-5-23-18(22)15-6-8-20(9-7-15)11-21-14(4)12(2)13(3)16(10-19)17(21)24/h15H,5-9,11H2,1-4H3. The zero-order valence-electron chi connectivity index (χ0n) is 14.9. The number of hydrogen-bond donors (Lipinski definition) is 0. The molecule has 1 fully saturated rings. The summed E-state index contributed by atoms with van der Waals surface area (Å²) in [4.78, 5) is 14.1. The Bertz CT molecular complexity index is 725. The maximum Gasteiger partial charge on any atom is 0.309 e. The molecule has 1 aliphatic heterocycles. The number of likely N-dealkylation sites (tertiary alicyclic amines) is 1. The first-order valence-electron chi connectivity index (χ1n) is 8.40. The van der Waals surface area contributed by atoms with E-state index in [4.69, 9.17) is 17.0 Å². The number of carbonyl (C=O) groups is 1. The van der Waals surface area contributed by atoms with E-state index < -0.39 is 0 Å². The van der Waals surface area contributed by atoms with Gasteiger partial charge in [-0.25, -0.2) is 0 Å². The van der Waals surface area contributed by atoms with Crippen molar-refractivity contribution in [3.8, 4) is 6.07 Å². The van der Waals surface area contributed by atoms with Gasteiger partial charge in [0.2, 0.25) is 0 Å². The van der Waals surface area contributed by atoms with Crippen LogP contribution in [0.3, 0.4) is 0 Å². The molecule has 1 aromatic rings. The van der Waals surface area contributed by atoms with Crippen LogP contribution in [0.25, 0.3) is 0 Å². The Labute approximate surface area is 148 Å². The zero-order valence-corrected chi connectivity index (χ0v) is 15.7. The molecule has 130 valence electrons. The average molecular weight is 347 g/mol. The topological polar surface area (TPSA) is 58.3 Å². The molecule has 0 unspecified atom stereocenters. The minimum atomic E-state index is -0.0807. The fourth-order valence-corrected chi connectivity index (χ4v) is 3.57. The third-order valence-corrected chi connectivity index (χ3v) is 5.43. The van der Waals surface area contributed by atoms with E-state index in [9.17, 15) is 10.1 Å². The van der Waals surface area contributed by atoms with Crippen molar-refractivity contribution in [3.63, 3.8) is 0 Å². The van der Waals surface area contributed by atoms with Crippen molar-refractivity contribution >= 4 is 18.2 Å². The van der Waals surface area contributed by atoms with E-state index in [1.165, 1.54) is 0 Å². The third kappa shape index (κ3) is 3.68. The number of esters is 1. The van der Waals surface area contributed by atoms with Crippen molar-refractivity contribution in [2.24, 2.45) is 5.92 Å². The fraction of sp³-hybridized carbons (Fsp3) is 0.611. The van der Waals surface area contributed by atoms with Gasteiger partial charge in [-0.05, 0) is 51.7 Å². The summed E-state index contributed by atoms with van der Waals surface area (Å²) in [5, 5.41) is 9.40. The maximum atomic E-state index is 11.8. The molecule has 2 rings (SSSR count). The number of hydrogen-bond acceptors (Lipinski definition) is 5. The van der Waals surface area contributed by atoms with Crippen molar-refractivity contribution in [3.05, 3.63) is 27.0 Å². The Balaban J connectivity index is 2.14. The molecule has 0 amide bonds. The van der Waals surface area contributed by atoms with E-state index in [-0.39, 0.29) is 11.9 Å². The number of nitriles is 1. The highest BCUT2D eigenvalue weighted by Gasteiger charge is 2.26. The predicted octanol–water partition coefficient (Wildman–Crippen LogP) is 3.25. The van der Waals surface area contributed by atoms with E-state index in [1.54, 1.807) is 0 Å². The van der Waals surface area contributed by atoms with Gasteiger partial charge in [0, 0.05) is 18.8 Å². The lowest BCUT2D eigenvalue weighted by atomic mass is 9.97. The molecule has 1 saturated heterocycles. The summed E-state index contributed by atoms with van der Waals surface area (Å²) >= 11 is 5.53. The van der Waals surface area contributed by atoms with Crippen molar-refractivity contribution in [2.45, 2.75) is 47.2 Å². The van der Waals surface area contributed by atoms with Gasteiger partial charge in [-0.3, -0.25) is 9.69 Å². The second kappa shape index (κ2) is 7.91. The quantitative estimate of drug-likeness (QED) is 0.618. The van der Waals surface area contributed by atoms with Gasteiger partial charge in [0.25, 0.3) is 0 Å². The lowest BCUT2D eigenvalue weighted by molar-refractivity contribution is -0.149. The number of piperidine rings is 1.